The second kappa shape index (κ2) is 16.1. The van der Waals surface area contributed by atoms with Crippen LogP contribution in [-0.2, 0) is 19.1 Å². The Balaban J connectivity index is 3.76. The van der Waals surface area contributed by atoms with E-state index >= 15 is 0 Å². The summed E-state index contributed by atoms with van der Waals surface area (Å²) < 4.78 is 10.6. The molecule has 29 heavy (non-hydrogen) atoms. The van der Waals surface area contributed by atoms with Crippen LogP contribution in [0.3, 0.4) is 0 Å². The summed E-state index contributed by atoms with van der Waals surface area (Å²) in [4.78, 5) is 22.8. The van der Waals surface area contributed by atoms with Crippen molar-refractivity contribution in [2.24, 2.45) is 0 Å². The number of hydrogen-bond donors (Lipinski definition) is 1. The Hall–Kier alpha value is -1.70. The minimum atomic E-state index is -1.13. The van der Waals surface area contributed by atoms with Crippen molar-refractivity contribution in [2.45, 2.75) is 64.0 Å². The number of nitrogens with zero attached hydrogens (tertiary/aromatic N) is 1. The lowest BCUT2D eigenvalue weighted by Gasteiger charge is -2.34. The van der Waals surface area contributed by atoms with Gasteiger partial charge < -0.3 is 29.0 Å². The summed E-state index contributed by atoms with van der Waals surface area (Å²) in [5, 5.41) is 21.0. The first kappa shape index (κ1) is 27.3. The smallest absolute Gasteiger partial charge is 0.305 e. The van der Waals surface area contributed by atoms with E-state index in [0.29, 0.717) is 6.42 Å². The van der Waals surface area contributed by atoms with Gasteiger partial charge in [-0.15, -0.1) is 0 Å². The molecular weight excluding hydrogens is 374 g/mol. The van der Waals surface area contributed by atoms with Crippen molar-refractivity contribution in [3.63, 3.8) is 0 Å². The minimum Gasteiger partial charge on any atom is -0.544 e. The molecule has 0 aromatic rings. The maximum Gasteiger partial charge on any atom is 0.305 e. The number of hydrogen-bond acceptors (Lipinski definition) is 6. The topological polar surface area (TPSA) is 95.9 Å². The number of unbranched alkanes of at least 4 members (excludes halogenated alkanes) is 2. The van der Waals surface area contributed by atoms with E-state index in [-0.39, 0.29) is 36.7 Å². The van der Waals surface area contributed by atoms with Gasteiger partial charge >= 0.3 is 5.97 Å². The van der Waals surface area contributed by atoms with Gasteiger partial charge in [0.15, 0.2) is 0 Å². The molecule has 0 rings (SSSR count). The van der Waals surface area contributed by atoms with Crippen LogP contribution < -0.4 is 5.11 Å². The third kappa shape index (κ3) is 15.9. The first-order valence-corrected chi connectivity index (χ1v) is 10.4. The van der Waals surface area contributed by atoms with Gasteiger partial charge in [0.05, 0.1) is 40.3 Å². The number of aliphatic hydroxyl groups excluding tert-OH is 1. The van der Waals surface area contributed by atoms with Gasteiger partial charge in [0.2, 0.25) is 0 Å². The summed E-state index contributed by atoms with van der Waals surface area (Å²) in [7, 11) is 5.32. The fraction of sp³-hybridized carbons (Fsp3) is 0.727. The van der Waals surface area contributed by atoms with Gasteiger partial charge in [0.1, 0.15) is 18.8 Å². The fourth-order valence-electron chi connectivity index (χ4n) is 2.63. The van der Waals surface area contributed by atoms with Crippen molar-refractivity contribution in [1.82, 2.24) is 0 Å². The lowest BCUT2D eigenvalue weighted by atomic mass is 10.1. The molecule has 0 aromatic carbocycles. The molecule has 0 aliphatic rings. The molecule has 7 nitrogen and oxygen atoms in total. The number of ether oxygens (including phenoxy) is 2. The SMILES string of the molecule is CC/C=C/C/C=C/CCCCC(=O)OCC(O)COCCC(C(=O)[O-])[N+](C)(C)C. The molecule has 0 heterocycles. The molecule has 0 spiro atoms. The van der Waals surface area contributed by atoms with Gasteiger partial charge in [-0.2, -0.15) is 0 Å². The molecule has 2 atom stereocenters. The highest BCUT2D eigenvalue weighted by Gasteiger charge is 2.24. The van der Waals surface area contributed by atoms with E-state index in [1.165, 1.54) is 0 Å². The van der Waals surface area contributed by atoms with Crippen LogP contribution in [0, 0.1) is 0 Å². The first-order chi connectivity index (χ1) is 13.7. The molecule has 0 aliphatic carbocycles. The van der Waals surface area contributed by atoms with Gasteiger partial charge in [-0.05, 0) is 32.1 Å². The van der Waals surface area contributed by atoms with Crippen LogP contribution in [0.1, 0.15) is 51.9 Å². The molecule has 7 heteroatoms. The summed E-state index contributed by atoms with van der Waals surface area (Å²) >= 11 is 0. The largest absolute Gasteiger partial charge is 0.544 e. The van der Waals surface area contributed by atoms with E-state index < -0.39 is 18.1 Å². The highest BCUT2D eigenvalue weighted by molar-refractivity contribution is 5.69. The molecule has 1 N–H and O–H groups in total. The third-order valence-electron chi connectivity index (χ3n) is 4.33. The average molecular weight is 414 g/mol. The standard InChI is InChI=1S/C22H39NO6/c1-5-6-7-8-9-10-11-12-13-14-21(25)29-18-19(24)17-28-16-15-20(22(26)27)23(2,3)4/h6-7,9-10,19-20,24H,5,8,11-18H2,1-4H3/b7-6+,10-9+. The number of carbonyl (C=O) groups is 2. The number of carboxylic acid groups (broad SMARTS) is 1. The minimum absolute atomic E-state index is 0.0124. The number of aliphatic hydroxyl groups is 1. The van der Waals surface area contributed by atoms with Crippen molar-refractivity contribution in [3.8, 4) is 0 Å². The number of allylic oxidation sites excluding steroid dienone is 4. The van der Waals surface area contributed by atoms with Crippen molar-refractivity contribution >= 4 is 11.9 Å². The molecule has 0 radical (unpaired) electrons. The molecular formula is C22H39NO6. The normalized spacial score (nSPS) is 14.4. The van der Waals surface area contributed by atoms with Crippen LogP contribution in [0.2, 0.25) is 0 Å². The molecule has 0 amide bonds. The summed E-state index contributed by atoms with van der Waals surface area (Å²) in [5.74, 6) is -1.46. The van der Waals surface area contributed by atoms with Crippen LogP contribution in [0.15, 0.2) is 24.3 Å². The van der Waals surface area contributed by atoms with Crippen LogP contribution in [0.25, 0.3) is 0 Å². The average Bonchev–Trinajstić information content (AvgIpc) is 2.63. The third-order valence-corrected chi connectivity index (χ3v) is 4.33. The van der Waals surface area contributed by atoms with E-state index in [0.717, 1.165) is 32.1 Å². The van der Waals surface area contributed by atoms with E-state index in [4.69, 9.17) is 9.47 Å². The quantitative estimate of drug-likeness (QED) is 0.168. The maximum atomic E-state index is 11.7. The highest BCUT2D eigenvalue weighted by atomic mass is 16.5. The monoisotopic (exact) mass is 413 g/mol. The molecule has 0 bridgehead atoms. The van der Waals surface area contributed by atoms with Crippen molar-refractivity contribution in [1.29, 1.82) is 0 Å². The molecule has 0 aromatic heterocycles. The Morgan fingerprint density at radius 3 is 2.38 bits per heavy atom. The Kier molecular flexibility index (Phi) is 15.2. The van der Waals surface area contributed by atoms with Gasteiger partial charge in [0, 0.05) is 12.8 Å². The predicted octanol–water partition coefficient (Wildman–Crippen LogP) is 1.59. The lowest BCUT2D eigenvalue weighted by Crippen LogP contribution is -2.55. The summed E-state index contributed by atoms with van der Waals surface area (Å²) in [6.07, 6.45) is 12.8. The zero-order valence-corrected chi connectivity index (χ0v) is 18.5. The van der Waals surface area contributed by atoms with Crippen molar-refractivity contribution < 1.29 is 33.8 Å². The number of rotatable bonds is 17. The van der Waals surface area contributed by atoms with E-state index in [1.807, 2.05) is 0 Å². The van der Waals surface area contributed by atoms with Gasteiger partial charge in [-0.1, -0.05) is 31.2 Å². The molecule has 0 aliphatic heterocycles. The van der Waals surface area contributed by atoms with Crippen LogP contribution in [-0.4, -0.2) is 74.6 Å². The Labute approximate surface area is 175 Å². The van der Waals surface area contributed by atoms with E-state index in [9.17, 15) is 19.8 Å². The molecule has 0 saturated heterocycles. The van der Waals surface area contributed by atoms with E-state index in [1.54, 1.807) is 21.1 Å². The zero-order valence-electron chi connectivity index (χ0n) is 18.5. The lowest BCUT2D eigenvalue weighted by molar-refractivity contribution is -0.889. The Morgan fingerprint density at radius 2 is 1.76 bits per heavy atom. The summed E-state index contributed by atoms with van der Waals surface area (Å²) in [6, 6.07) is -0.687. The molecule has 2 unspecified atom stereocenters. The number of quaternary nitrogens is 1. The number of aliphatic carboxylic acids is 1. The highest BCUT2D eigenvalue weighted by Crippen LogP contribution is 2.07. The maximum absolute atomic E-state index is 11.7. The first-order valence-electron chi connectivity index (χ1n) is 10.4. The fourth-order valence-corrected chi connectivity index (χ4v) is 2.63. The zero-order chi connectivity index (χ0) is 22.1. The second-order valence-corrected chi connectivity index (χ2v) is 7.98. The predicted molar refractivity (Wildman–Crippen MR) is 111 cm³/mol. The van der Waals surface area contributed by atoms with Crippen molar-refractivity contribution in [2.75, 3.05) is 41.0 Å². The summed E-state index contributed by atoms with van der Waals surface area (Å²) in [6.45, 7) is 2.15. The molecule has 168 valence electrons. The molecule has 0 fully saturated rings. The van der Waals surface area contributed by atoms with Crippen molar-refractivity contribution in [3.05, 3.63) is 24.3 Å². The van der Waals surface area contributed by atoms with E-state index in [2.05, 4.69) is 31.2 Å². The van der Waals surface area contributed by atoms with Gasteiger partial charge in [0.25, 0.3) is 0 Å². The second-order valence-electron chi connectivity index (χ2n) is 7.98. The van der Waals surface area contributed by atoms with Crippen LogP contribution in [0.4, 0.5) is 0 Å². The van der Waals surface area contributed by atoms with Crippen LogP contribution in [0.5, 0.6) is 0 Å². The van der Waals surface area contributed by atoms with Gasteiger partial charge in [-0.25, -0.2) is 0 Å². The number of esters is 1. The number of carboxylic acids is 1. The summed E-state index contributed by atoms with van der Waals surface area (Å²) in [5.41, 5.74) is 0. The number of likely N-dealkylation sites (N-methyl/N-ethyl adjacent to an activating group) is 1. The van der Waals surface area contributed by atoms with Crippen LogP contribution >= 0.6 is 0 Å². The van der Waals surface area contributed by atoms with Gasteiger partial charge in [-0.3, -0.25) is 4.79 Å². The number of carbonyl (C=O) groups excluding carboxylic acids is 2. The Bertz CT molecular complexity index is 510. The Morgan fingerprint density at radius 1 is 1.07 bits per heavy atom. The molecule has 0 saturated carbocycles.